The highest BCUT2D eigenvalue weighted by atomic mass is 19.2. The van der Waals surface area contributed by atoms with E-state index in [2.05, 4.69) is 0 Å². The van der Waals surface area contributed by atoms with Crippen molar-refractivity contribution in [3.8, 4) is 11.5 Å². The summed E-state index contributed by atoms with van der Waals surface area (Å²) in [4.78, 5) is 12.1. The molecule has 5 atom stereocenters. The molecule has 0 spiro atoms. The second kappa shape index (κ2) is 11.4. The van der Waals surface area contributed by atoms with E-state index in [0.29, 0.717) is 5.56 Å². The summed E-state index contributed by atoms with van der Waals surface area (Å²) < 4.78 is 42.2. The molecule has 1 aliphatic heterocycles. The summed E-state index contributed by atoms with van der Waals surface area (Å²) >= 11 is 0. The van der Waals surface area contributed by atoms with Crippen molar-refractivity contribution in [3.63, 3.8) is 0 Å². The Bertz CT molecular complexity index is 1030. The Hall–Kier alpha value is -3.09. The van der Waals surface area contributed by atoms with Crippen LogP contribution in [-0.2, 0) is 25.4 Å². The highest BCUT2D eigenvalue weighted by molar-refractivity contribution is 5.87. The minimum atomic E-state index is -1.66. The maximum Gasteiger partial charge on any atom is 0.331 e. The van der Waals surface area contributed by atoms with E-state index in [9.17, 15) is 39.1 Å². The zero-order valence-corrected chi connectivity index (χ0v) is 17.8. The topological polar surface area (TPSA) is 146 Å². The number of ether oxygens (including phenoxy) is 3. The number of esters is 1. The summed E-state index contributed by atoms with van der Waals surface area (Å²) in [5, 5.41) is 49.2. The summed E-state index contributed by atoms with van der Waals surface area (Å²) in [5.41, 5.74) is 0.810. The van der Waals surface area contributed by atoms with Crippen LogP contribution in [0.2, 0.25) is 0 Å². The van der Waals surface area contributed by atoms with Crippen LogP contribution in [0.15, 0.2) is 42.5 Å². The first-order chi connectivity index (χ1) is 16.2. The fourth-order valence-corrected chi connectivity index (χ4v) is 3.31. The van der Waals surface area contributed by atoms with Crippen molar-refractivity contribution in [1.82, 2.24) is 0 Å². The summed E-state index contributed by atoms with van der Waals surface area (Å²) in [6.45, 7) is -0.668. The smallest absolute Gasteiger partial charge is 0.331 e. The number of hydrogen-bond acceptors (Lipinski definition) is 9. The number of aliphatic hydroxyl groups is 3. The number of carbonyl (C=O) groups excluding carboxylic acids is 1. The van der Waals surface area contributed by atoms with Gasteiger partial charge in [0.1, 0.15) is 18.3 Å². The van der Waals surface area contributed by atoms with Gasteiger partial charge in [-0.2, -0.15) is 0 Å². The average Bonchev–Trinajstić information content (AvgIpc) is 2.81. The monoisotopic (exact) mass is 482 g/mol. The fraction of sp³-hybridized carbons (Fsp3) is 0.348. The number of aliphatic hydroxyl groups excluding tert-OH is 3. The van der Waals surface area contributed by atoms with Crippen molar-refractivity contribution in [2.75, 3.05) is 13.2 Å². The SMILES string of the molecule is O=C(/C=C/c1ccc(F)c(F)c1)O[C@H]1[C@H](O)[C@@H](O)[C@H](OCCc2ccc(O)c(O)c2)O[C@@H]1CO. The highest BCUT2D eigenvalue weighted by Gasteiger charge is 2.46. The number of rotatable bonds is 8. The Labute approximate surface area is 193 Å². The summed E-state index contributed by atoms with van der Waals surface area (Å²) in [6.07, 6.45) is -4.93. The van der Waals surface area contributed by atoms with Crippen LogP contribution in [0.3, 0.4) is 0 Å². The van der Waals surface area contributed by atoms with Gasteiger partial charge in [0.2, 0.25) is 0 Å². The van der Waals surface area contributed by atoms with Gasteiger partial charge in [-0.15, -0.1) is 0 Å². The van der Waals surface area contributed by atoms with Crippen LogP contribution in [0, 0.1) is 11.6 Å². The van der Waals surface area contributed by atoms with Gasteiger partial charge in [-0.05, 0) is 47.9 Å². The third-order valence-electron chi connectivity index (χ3n) is 5.14. The third-order valence-corrected chi connectivity index (χ3v) is 5.14. The highest BCUT2D eigenvalue weighted by Crippen LogP contribution is 2.27. The minimum Gasteiger partial charge on any atom is -0.504 e. The molecule has 1 aliphatic rings. The van der Waals surface area contributed by atoms with Gasteiger partial charge in [0.05, 0.1) is 13.2 Å². The fourth-order valence-electron chi connectivity index (χ4n) is 3.31. The van der Waals surface area contributed by atoms with Crippen LogP contribution >= 0.6 is 0 Å². The van der Waals surface area contributed by atoms with E-state index in [1.807, 2.05) is 0 Å². The predicted molar refractivity (Wildman–Crippen MR) is 112 cm³/mol. The quantitative estimate of drug-likeness (QED) is 0.211. The molecular formula is C23H24F2O9. The van der Waals surface area contributed by atoms with E-state index in [-0.39, 0.29) is 30.1 Å². The van der Waals surface area contributed by atoms with Crippen molar-refractivity contribution in [3.05, 3.63) is 65.2 Å². The van der Waals surface area contributed by atoms with Crippen LogP contribution in [0.5, 0.6) is 11.5 Å². The molecule has 0 amide bonds. The molecule has 1 saturated heterocycles. The third kappa shape index (κ3) is 6.27. The first-order valence-electron chi connectivity index (χ1n) is 10.3. The van der Waals surface area contributed by atoms with E-state index >= 15 is 0 Å². The second-order valence-electron chi connectivity index (χ2n) is 7.56. The lowest BCUT2D eigenvalue weighted by atomic mass is 9.99. The predicted octanol–water partition coefficient (Wildman–Crippen LogP) is 0.999. The van der Waals surface area contributed by atoms with E-state index in [0.717, 1.165) is 18.2 Å². The zero-order valence-electron chi connectivity index (χ0n) is 17.8. The molecule has 0 bridgehead atoms. The van der Waals surface area contributed by atoms with Crippen LogP contribution < -0.4 is 0 Å². The molecule has 0 radical (unpaired) electrons. The Morgan fingerprint density at radius 3 is 2.47 bits per heavy atom. The Balaban J connectivity index is 1.56. The zero-order chi connectivity index (χ0) is 24.8. The Morgan fingerprint density at radius 2 is 1.79 bits per heavy atom. The maximum absolute atomic E-state index is 13.3. The normalized spacial score (nSPS) is 24.9. The first kappa shape index (κ1) is 25.5. The van der Waals surface area contributed by atoms with Crippen LogP contribution in [-0.4, -0.2) is 75.4 Å². The molecule has 0 unspecified atom stereocenters. The molecule has 0 saturated carbocycles. The lowest BCUT2D eigenvalue weighted by molar-refractivity contribution is -0.302. The number of phenolic OH excluding ortho intramolecular Hbond substituents is 2. The van der Waals surface area contributed by atoms with E-state index < -0.39 is 54.9 Å². The number of benzene rings is 2. The average molecular weight is 482 g/mol. The lowest BCUT2D eigenvalue weighted by Gasteiger charge is -2.41. The van der Waals surface area contributed by atoms with Crippen LogP contribution in [0.25, 0.3) is 6.08 Å². The minimum absolute atomic E-state index is 0.00175. The Morgan fingerprint density at radius 1 is 1.03 bits per heavy atom. The standard InChI is InChI=1S/C23H24F2O9/c24-14-4-1-12(9-15(14)25)3-6-19(29)34-22-18(11-26)33-23(21(31)20(22)30)32-8-7-13-2-5-16(27)17(28)10-13/h1-6,9-10,18,20-23,26-28,30-31H,7-8,11H2/b6-3+/t18-,20-,21-,22-,23-/m1/s1. The number of phenols is 2. The molecule has 9 nitrogen and oxygen atoms in total. The van der Waals surface area contributed by atoms with Gasteiger partial charge in [0.15, 0.2) is 35.5 Å². The largest absolute Gasteiger partial charge is 0.504 e. The number of carbonyl (C=O) groups is 1. The Kier molecular flexibility index (Phi) is 8.53. The molecule has 1 fully saturated rings. The molecule has 0 aliphatic carbocycles. The molecule has 3 rings (SSSR count). The second-order valence-corrected chi connectivity index (χ2v) is 7.56. The summed E-state index contributed by atoms with van der Waals surface area (Å²) in [6, 6.07) is 7.21. The van der Waals surface area contributed by atoms with Gasteiger partial charge in [-0.1, -0.05) is 12.1 Å². The van der Waals surface area contributed by atoms with Gasteiger partial charge >= 0.3 is 5.97 Å². The maximum atomic E-state index is 13.3. The molecule has 5 N–H and O–H groups in total. The van der Waals surface area contributed by atoms with Crippen molar-refractivity contribution in [1.29, 1.82) is 0 Å². The molecule has 184 valence electrons. The van der Waals surface area contributed by atoms with Crippen molar-refractivity contribution >= 4 is 12.0 Å². The van der Waals surface area contributed by atoms with Crippen molar-refractivity contribution < 1.29 is 53.3 Å². The van der Waals surface area contributed by atoms with Crippen molar-refractivity contribution in [2.24, 2.45) is 0 Å². The number of hydrogen-bond donors (Lipinski definition) is 5. The molecule has 11 heteroatoms. The van der Waals surface area contributed by atoms with Gasteiger partial charge in [-0.3, -0.25) is 0 Å². The van der Waals surface area contributed by atoms with Gasteiger partial charge in [0.25, 0.3) is 0 Å². The van der Waals surface area contributed by atoms with Crippen LogP contribution in [0.1, 0.15) is 11.1 Å². The molecule has 34 heavy (non-hydrogen) atoms. The molecule has 2 aromatic rings. The molecule has 2 aromatic carbocycles. The van der Waals surface area contributed by atoms with E-state index in [1.165, 1.54) is 24.3 Å². The lowest BCUT2D eigenvalue weighted by Crippen LogP contribution is -2.60. The molecule has 0 aromatic heterocycles. The van der Waals surface area contributed by atoms with E-state index in [4.69, 9.17) is 14.2 Å². The summed E-state index contributed by atoms with van der Waals surface area (Å²) in [5.74, 6) is -3.69. The molecular weight excluding hydrogens is 458 g/mol. The van der Waals surface area contributed by atoms with Crippen molar-refractivity contribution in [2.45, 2.75) is 37.1 Å². The van der Waals surface area contributed by atoms with Gasteiger partial charge in [-0.25, -0.2) is 13.6 Å². The van der Waals surface area contributed by atoms with Gasteiger partial charge in [0, 0.05) is 6.08 Å². The first-order valence-corrected chi connectivity index (χ1v) is 10.3. The van der Waals surface area contributed by atoms with Crippen LogP contribution in [0.4, 0.5) is 8.78 Å². The van der Waals surface area contributed by atoms with E-state index in [1.54, 1.807) is 6.07 Å². The molecule has 1 heterocycles. The summed E-state index contributed by atoms with van der Waals surface area (Å²) in [7, 11) is 0. The number of aromatic hydroxyl groups is 2. The van der Waals surface area contributed by atoms with Gasteiger partial charge < -0.3 is 39.7 Å². The number of halogens is 2.